The fourth-order valence-electron chi connectivity index (χ4n) is 1.45. The van der Waals surface area contributed by atoms with Crippen molar-refractivity contribution in [2.75, 3.05) is 5.32 Å². The number of benzene rings is 2. The summed E-state index contributed by atoms with van der Waals surface area (Å²) in [5.74, 6) is 0. The topological polar surface area (TPSA) is 12.0 Å². The van der Waals surface area contributed by atoms with Crippen LogP contribution >= 0.6 is 12.2 Å². The van der Waals surface area contributed by atoms with E-state index in [0.717, 1.165) is 16.1 Å². The van der Waals surface area contributed by atoms with Gasteiger partial charge in [-0.3, -0.25) is 0 Å². The third-order valence-electron chi connectivity index (χ3n) is 2.32. The zero-order valence-corrected chi connectivity index (χ0v) is 10.2. The first-order valence-electron chi connectivity index (χ1n) is 5.44. The number of allylic oxidation sites excluding steroid dienone is 1. The molecule has 0 unspecified atom stereocenters. The SMILES string of the molecule is S=C(C=CNc1ccccc1)c1ccccc1. The van der Waals surface area contributed by atoms with E-state index in [9.17, 15) is 0 Å². The third-order valence-corrected chi connectivity index (χ3v) is 2.69. The molecule has 0 atom stereocenters. The normalized spacial score (nSPS) is 10.4. The van der Waals surface area contributed by atoms with Crippen molar-refractivity contribution >= 4 is 22.8 Å². The quantitative estimate of drug-likeness (QED) is 0.491. The lowest BCUT2D eigenvalue weighted by Crippen LogP contribution is -1.94. The Kier molecular flexibility index (Phi) is 4.05. The Bertz CT molecular complexity index is 503. The van der Waals surface area contributed by atoms with Gasteiger partial charge in [0.15, 0.2) is 0 Å². The second-order valence-electron chi connectivity index (χ2n) is 3.57. The fourth-order valence-corrected chi connectivity index (χ4v) is 1.65. The Morgan fingerprint density at radius 2 is 1.47 bits per heavy atom. The summed E-state index contributed by atoms with van der Waals surface area (Å²) in [4.78, 5) is 0.828. The lowest BCUT2D eigenvalue weighted by atomic mass is 10.1. The summed E-state index contributed by atoms with van der Waals surface area (Å²) in [5.41, 5.74) is 2.12. The van der Waals surface area contributed by atoms with Gasteiger partial charge in [-0.05, 0) is 23.8 Å². The maximum atomic E-state index is 5.31. The van der Waals surface area contributed by atoms with Gasteiger partial charge < -0.3 is 5.32 Å². The molecule has 2 rings (SSSR count). The summed E-state index contributed by atoms with van der Waals surface area (Å²) in [6.07, 6.45) is 3.77. The van der Waals surface area contributed by atoms with E-state index in [2.05, 4.69) is 5.32 Å². The Hall–Kier alpha value is -1.93. The summed E-state index contributed by atoms with van der Waals surface area (Å²) in [6, 6.07) is 20.0. The molecular formula is C15H13NS. The molecule has 0 fully saturated rings. The predicted molar refractivity (Wildman–Crippen MR) is 77.3 cm³/mol. The maximum absolute atomic E-state index is 5.31. The lowest BCUT2D eigenvalue weighted by molar-refractivity contribution is 1.58. The van der Waals surface area contributed by atoms with E-state index in [0.29, 0.717) is 0 Å². The molecule has 2 aromatic rings. The van der Waals surface area contributed by atoms with Crippen molar-refractivity contribution in [3.05, 3.63) is 78.5 Å². The Morgan fingerprint density at radius 3 is 2.12 bits per heavy atom. The van der Waals surface area contributed by atoms with Crippen LogP contribution in [-0.2, 0) is 0 Å². The zero-order valence-electron chi connectivity index (χ0n) is 9.34. The van der Waals surface area contributed by atoms with Crippen molar-refractivity contribution in [1.29, 1.82) is 0 Å². The van der Waals surface area contributed by atoms with Crippen molar-refractivity contribution < 1.29 is 0 Å². The molecule has 0 aromatic heterocycles. The number of anilines is 1. The highest BCUT2D eigenvalue weighted by Gasteiger charge is 1.94. The van der Waals surface area contributed by atoms with Crippen LogP contribution in [0.1, 0.15) is 5.56 Å². The van der Waals surface area contributed by atoms with Gasteiger partial charge >= 0.3 is 0 Å². The average Bonchev–Trinajstić information content (AvgIpc) is 2.41. The minimum absolute atomic E-state index is 0.828. The molecule has 2 heteroatoms. The number of hydrogen-bond donors (Lipinski definition) is 1. The van der Waals surface area contributed by atoms with Crippen molar-refractivity contribution in [3.8, 4) is 0 Å². The molecule has 0 saturated carbocycles. The van der Waals surface area contributed by atoms with E-state index in [-0.39, 0.29) is 0 Å². The second kappa shape index (κ2) is 5.97. The summed E-state index contributed by atoms with van der Waals surface area (Å²) < 4.78 is 0. The van der Waals surface area contributed by atoms with Crippen LogP contribution in [0.2, 0.25) is 0 Å². The first kappa shape index (κ1) is 11.6. The van der Waals surface area contributed by atoms with Crippen LogP contribution in [0.15, 0.2) is 72.9 Å². The zero-order chi connectivity index (χ0) is 11.9. The molecule has 2 aromatic carbocycles. The molecule has 0 spiro atoms. The standard InChI is InChI=1S/C15H13NS/c17-15(13-7-3-1-4-8-13)11-12-16-14-9-5-2-6-10-14/h1-12,16H. The van der Waals surface area contributed by atoms with Gasteiger partial charge in [0.2, 0.25) is 0 Å². The number of rotatable bonds is 4. The largest absolute Gasteiger partial charge is 0.362 e. The smallest absolute Gasteiger partial charge is 0.0463 e. The molecule has 0 aliphatic carbocycles. The summed E-state index contributed by atoms with van der Waals surface area (Å²) in [6.45, 7) is 0. The molecule has 0 bridgehead atoms. The predicted octanol–water partition coefficient (Wildman–Crippen LogP) is 4.03. The molecule has 1 N–H and O–H groups in total. The van der Waals surface area contributed by atoms with Crippen LogP contribution in [0.5, 0.6) is 0 Å². The molecule has 84 valence electrons. The molecule has 0 amide bonds. The van der Waals surface area contributed by atoms with E-state index in [1.165, 1.54) is 0 Å². The minimum Gasteiger partial charge on any atom is -0.362 e. The van der Waals surface area contributed by atoms with Gasteiger partial charge in [-0.1, -0.05) is 60.7 Å². The van der Waals surface area contributed by atoms with E-state index in [4.69, 9.17) is 12.2 Å². The second-order valence-corrected chi connectivity index (χ2v) is 4.01. The minimum atomic E-state index is 0.828. The van der Waals surface area contributed by atoms with Gasteiger partial charge in [-0.15, -0.1) is 0 Å². The molecule has 0 aliphatic rings. The number of hydrogen-bond acceptors (Lipinski definition) is 2. The molecule has 0 heterocycles. The molecular weight excluding hydrogens is 226 g/mol. The third kappa shape index (κ3) is 3.54. The molecule has 0 radical (unpaired) electrons. The van der Waals surface area contributed by atoms with E-state index >= 15 is 0 Å². The van der Waals surface area contributed by atoms with Gasteiger partial charge in [0, 0.05) is 16.8 Å². The molecule has 0 aliphatic heterocycles. The number of nitrogens with one attached hydrogen (secondary N) is 1. The molecule has 0 saturated heterocycles. The number of thiocarbonyl (C=S) groups is 1. The molecule has 17 heavy (non-hydrogen) atoms. The van der Waals surface area contributed by atoms with Crippen LogP contribution in [0.25, 0.3) is 0 Å². The lowest BCUT2D eigenvalue weighted by Gasteiger charge is -2.00. The van der Waals surface area contributed by atoms with Gasteiger partial charge in [-0.2, -0.15) is 0 Å². The van der Waals surface area contributed by atoms with E-state index < -0.39 is 0 Å². The fraction of sp³-hybridized carbons (Fsp3) is 0. The maximum Gasteiger partial charge on any atom is 0.0463 e. The van der Waals surface area contributed by atoms with Gasteiger partial charge in [-0.25, -0.2) is 0 Å². The summed E-state index contributed by atoms with van der Waals surface area (Å²) in [7, 11) is 0. The van der Waals surface area contributed by atoms with Gasteiger partial charge in [0.25, 0.3) is 0 Å². The summed E-state index contributed by atoms with van der Waals surface area (Å²) >= 11 is 5.31. The van der Waals surface area contributed by atoms with Gasteiger partial charge in [0.05, 0.1) is 0 Å². The van der Waals surface area contributed by atoms with Crippen molar-refractivity contribution in [2.24, 2.45) is 0 Å². The number of para-hydroxylation sites is 1. The van der Waals surface area contributed by atoms with Crippen LogP contribution in [0.3, 0.4) is 0 Å². The van der Waals surface area contributed by atoms with E-state index in [1.807, 2.05) is 72.9 Å². The first-order chi connectivity index (χ1) is 8.36. The Balaban J connectivity index is 1.96. The van der Waals surface area contributed by atoms with E-state index in [1.54, 1.807) is 0 Å². The monoisotopic (exact) mass is 239 g/mol. The highest BCUT2D eigenvalue weighted by atomic mass is 32.1. The molecule has 1 nitrogen and oxygen atoms in total. The van der Waals surface area contributed by atoms with Crippen molar-refractivity contribution in [2.45, 2.75) is 0 Å². The van der Waals surface area contributed by atoms with Crippen LogP contribution < -0.4 is 5.32 Å². The average molecular weight is 239 g/mol. The Labute approximate surface area is 107 Å². The van der Waals surface area contributed by atoms with Crippen molar-refractivity contribution in [3.63, 3.8) is 0 Å². The highest BCUT2D eigenvalue weighted by Crippen LogP contribution is 2.06. The van der Waals surface area contributed by atoms with Crippen LogP contribution in [-0.4, -0.2) is 4.86 Å². The Morgan fingerprint density at radius 1 is 0.882 bits per heavy atom. The first-order valence-corrected chi connectivity index (χ1v) is 5.84. The van der Waals surface area contributed by atoms with Crippen LogP contribution in [0, 0.1) is 0 Å². The summed E-state index contributed by atoms with van der Waals surface area (Å²) in [5, 5.41) is 3.18. The van der Waals surface area contributed by atoms with Crippen molar-refractivity contribution in [1.82, 2.24) is 0 Å². The van der Waals surface area contributed by atoms with Crippen LogP contribution in [0.4, 0.5) is 5.69 Å². The highest BCUT2D eigenvalue weighted by molar-refractivity contribution is 7.81. The van der Waals surface area contributed by atoms with Gasteiger partial charge in [0.1, 0.15) is 0 Å².